The lowest BCUT2D eigenvalue weighted by Crippen LogP contribution is -2.50. The van der Waals surface area contributed by atoms with E-state index in [0.717, 1.165) is 24.0 Å². The average molecular weight is 473 g/mol. The SMILES string of the molecule is CC1CCC(C2C=CC=CC2)S(=O)(=O)N1Cc1ccc(C2(C(=O)N(C)C)CCOCC2)cc1. The molecule has 2 fully saturated rings. The van der Waals surface area contributed by atoms with Crippen LogP contribution in [0.2, 0.25) is 0 Å². The van der Waals surface area contributed by atoms with Crippen LogP contribution in [0.25, 0.3) is 0 Å². The van der Waals surface area contributed by atoms with Gasteiger partial charge in [0.2, 0.25) is 15.9 Å². The number of rotatable bonds is 5. The molecular formula is C26H36N2O4S. The maximum Gasteiger partial charge on any atom is 0.232 e. The summed E-state index contributed by atoms with van der Waals surface area (Å²) in [5, 5.41) is -0.364. The van der Waals surface area contributed by atoms with Crippen LogP contribution in [0.3, 0.4) is 0 Å². The molecule has 0 bridgehead atoms. The molecule has 6 nitrogen and oxygen atoms in total. The first kappa shape index (κ1) is 24.2. The van der Waals surface area contributed by atoms with Gasteiger partial charge < -0.3 is 9.64 Å². The fraction of sp³-hybridized carbons (Fsp3) is 0.577. The Morgan fingerprint density at radius 3 is 2.42 bits per heavy atom. The molecule has 3 aliphatic rings. The Bertz CT molecular complexity index is 1010. The summed E-state index contributed by atoms with van der Waals surface area (Å²) in [6.45, 7) is 3.50. The highest BCUT2D eigenvalue weighted by Crippen LogP contribution is 2.38. The number of carbonyl (C=O) groups is 1. The summed E-state index contributed by atoms with van der Waals surface area (Å²) in [5.74, 6) is 0.144. The van der Waals surface area contributed by atoms with Crippen molar-refractivity contribution in [2.75, 3.05) is 27.3 Å². The summed E-state index contributed by atoms with van der Waals surface area (Å²) in [4.78, 5) is 14.8. The Morgan fingerprint density at radius 1 is 1.12 bits per heavy atom. The van der Waals surface area contributed by atoms with Gasteiger partial charge in [-0.2, -0.15) is 4.31 Å². The number of amides is 1. The molecule has 180 valence electrons. The van der Waals surface area contributed by atoms with E-state index in [1.54, 1.807) is 23.3 Å². The van der Waals surface area contributed by atoms with Gasteiger partial charge in [-0.1, -0.05) is 48.6 Å². The third-order valence-electron chi connectivity index (χ3n) is 7.57. The first-order chi connectivity index (χ1) is 15.8. The number of ether oxygens (including phenoxy) is 1. The molecule has 1 aromatic rings. The molecule has 2 heterocycles. The maximum atomic E-state index is 13.6. The molecule has 3 atom stereocenters. The third-order valence-corrected chi connectivity index (χ3v) is 10.1. The van der Waals surface area contributed by atoms with Gasteiger partial charge in [0.15, 0.2) is 0 Å². The smallest absolute Gasteiger partial charge is 0.232 e. The van der Waals surface area contributed by atoms with Crippen LogP contribution in [0.4, 0.5) is 0 Å². The Hall–Kier alpha value is -1.96. The minimum absolute atomic E-state index is 0.0220. The van der Waals surface area contributed by atoms with Crippen LogP contribution in [0.1, 0.15) is 50.2 Å². The second kappa shape index (κ2) is 9.72. The molecular weight excluding hydrogens is 436 g/mol. The number of hydrogen-bond acceptors (Lipinski definition) is 4. The zero-order chi connectivity index (χ0) is 23.6. The lowest BCUT2D eigenvalue weighted by Gasteiger charge is -2.40. The van der Waals surface area contributed by atoms with Crippen molar-refractivity contribution in [2.24, 2.45) is 5.92 Å². The lowest BCUT2D eigenvalue weighted by atomic mass is 9.73. The second-order valence-electron chi connectivity index (χ2n) is 9.86. The van der Waals surface area contributed by atoms with Gasteiger partial charge in [0.25, 0.3) is 0 Å². The van der Waals surface area contributed by atoms with Crippen molar-refractivity contribution in [3.63, 3.8) is 0 Å². The van der Waals surface area contributed by atoms with Gasteiger partial charge in [-0.15, -0.1) is 0 Å². The highest BCUT2D eigenvalue weighted by atomic mass is 32.2. The van der Waals surface area contributed by atoms with Crippen molar-refractivity contribution in [1.82, 2.24) is 9.21 Å². The number of likely N-dealkylation sites (N-methyl/N-ethyl adjacent to an activating group) is 1. The molecule has 0 radical (unpaired) electrons. The molecule has 2 saturated heterocycles. The van der Waals surface area contributed by atoms with Crippen molar-refractivity contribution in [3.8, 4) is 0 Å². The molecule has 0 aromatic heterocycles. The predicted octanol–water partition coefficient (Wildman–Crippen LogP) is 3.64. The van der Waals surface area contributed by atoms with Crippen LogP contribution in [0.15, 0.2) is 48.6 Å². The fourth-order valence-corrected chi connectivity index (χ4v) is 7.92. The van der Waals surface area contributed by atoms with Gasteiger partial charge in [0, 0.05) is 39.9 Å². The molecule has 0 saturated carbocycles. The normalized spacial score (nSPS) is 29.0. The van der Waals surface area contributed by atoms with Crippen molar-refractivity contribution in [1.29, 1.82) is 0 Å². The summed E-state index contributed by atoms with van der Waals surface area (Å²) in [5.41, 5.74) is 1.37. The van der Waals surface area contributed by atoms with E-state index in [1.165, 1.54) is 0 Å². The van der Waals surface area contributed by atoms with Gasteiger partial charge in [-0.3, -0.25) is 4.79 Å². The number of sulfonamides is 1. The molecule has 3 unspecified atom stereocenters. The molecule has 7 heteroatoms. The zero-order valence-electron chi connectivity index (χ0n) is 19.9. The maximum absolute atomic E-state index is 13.6. The van der Waals surface area contributed by atoms with Crippen molar-refractivity contribution >= 4 is 15.9 Å². The topological polar surface area (TPSA) is 66.9 Å². The summed E-state index contributed by atoms with van der Waals surface area (Å²) in [6, 6.07) is 7.98. The minimum atomic E-state index is -3.41. The third kappa shape index (κ3) is 4.68. The van der Waals surface area contributed by atoms with E-state index in [4.69, 9.17) is 4.74 Å². The van der Waals surface area contributed by atoms with E-state index < -0.39 is 15.4 Å². The Balaban J connectivity index is 1.56. The largest absolute Gasteiger partial charge is 0.381 e. The molecule has 4 rings (SSSR count). The van der Waals surface area contributed by atoms with Gasteiger partial charge in [-0.05, 0) is 56.1 Å². The molecule has 1 aliphatic carbocycles. The van der Waals surface area contributed by atoms with Crippen molar-refractivity contribution in [3.05, 3.63) is 59.7 Å². The summed E-state index contributed by atoms with van der Waals surface area (Å²) < 4.78 is 34.4. The van der Waals surface area contributed by atoms with E-state index in [9.17, 15) is 13.2 Å². The van der Waals surface area contributed by atoms with Crippen LogP contribution >= 0.6 is 0 Å². The van der Waals surface area contributed by atoms with Crippen LogP contribution in [0.5, 0.6) is 0 Å². The summed E-state index contributed by atoms with van der Waals surface area (Å²) in [7, 11) is 0.184. The molecule has 33 heavy (non-hydrogen) atoms. The molecule has 2 aliphatic heterocycles. The van der Waals surface area contributed by atoms with Gasteiger partial charge >= 0.3 is 0 Å². The van der Waals surface area contributed by atoms with Crippen LogP contribution in [-0.2, 0) is 31.5 Å². The first-order valence-corrected chi connectivity index (χ1v) is 13.5. The number of benzene rings is 1. The minimum Gasteiger partial charge on any atom is -0.381 e. The van der Waals surface area contributed by atoms with Gasteiger partial charge in [0.1, 0.15) is 0 Å². The Kier molecular flexibility index (Phi) is 7.12. The van der Waals surface area contributed by atoms with Gasteiger partial charge in [-0.25, -0.2) is 8.42 Å². The summed E-state index contributed by atoms with van der Waals surface area (Å²) in [6.07, 6.45) is 11.7. The van der Waals surface area contributed by atoms with Crippen LogP contribution in [-0.4, -0.2) is 62.1 Å². The van der Waals surface area contributed by atoms with Crippen molar-refractivity contribution in [2.45, 2.75) is 62.3 Å². The monoisotopic (exact) mass is 472 g/mol. The standard InChI is InChI=1S/C26H36N2O4S/c1-20-9-14-24(22-7-5-4-6-8-22)33(30,31)28(20)19-21-10-12-23(13-11-21)26(25(29)27(2)3)15-17-32-18-16-26/h4-7,10-13,20,22,24H,8-9,14-19H2,1-3H3. The quantitative estimate of drug-likeness (QED) is 0.656. The number of allylic oxidation sites excluding steroid dienone is 4. The summed E-state index contributed by atoms with van der Waals surface area (Å²) >= 11 is 0. The van der Waals surface area contributed by atoms with Crippen LogP contribution in [0, 0.1) is 5.92 Å². The second-order valence-corrected chi connectivity index (χ2v) is 12.0. The van der Waals surface area contributed by atoms with E-state index >= 15 is 0 Å². The van der Waals surface area contributed by atoms with E-state index in [2.05, 4.69) is 6.08 Å². The van der Waals surface area contributed by atoms with Gasteiger partial charge in [0.05, 0.1) is 10.7 Å². The molecule has 1 amide bonds. The molecule has 0 N–H and O–H groups in total. The lowest BCUT2D eigenvalue weighted by molar-refractivity contribution is -0.138. The van der Waals surface area contributed by atoms with Crippen molar-refractivity contribution < 1.29 is 17.9 Å². The average Bonchev–Trinajstić information content (AvgIpc) is 2.82. The molecule has 1 aromatic carbocycles. The van der Waals surface area contributed by atoms with E-state index in [-0.39, 0.29) is 23.1 Å². The fourth-order valence-electron chi connectivity index (χ4n) is 5.56. The number of hydrogen-bond donors (Lipinski definition) is 0. The number of nitrogens with zero attached hydrogens (tertiary/aromatic N) is 2. The Labute approximate surface area is 198 Å². The Morgan fingerprint density at radius 2 is 1.82 bits per heavy atom. The first-order valence-electron chi connectivity index (χ1n) is 12.0. The molecule has 0 spiro atoms. The van der Waals surface area contributed by atoms with E-state index in [1.807, 2.05) is 49.4 Å². The van der Waals surface area contributed by atoms with E-state index in [0.29, 0.717) is 39.0 Å². The van der Waals surface area contributed by atoms with Crippen LogP contribution < -0.4 is 0 Å². The highest BCUT2D eigenvalue weighted by Gasteiger charge is 2.44. The predicted molar refractivity (Wildman–Crippen MR) is 130 cm³/mol. The highest BCUT2D eigenvalue weighted by molar-refractivity contribution is 7.89. The number of carbonyl (C=O) groups excluding carboxylic acids is 1. The zero-order valence-corrected chi connectivity index (χ0v) is 20.8.